The Hall–Kier alpha value is -1.05. The Morgan fingerprint density at radius 3 is 2.32 bits per heavy atom. The fraction of sp³-hybridized carbons (Fsp3) is 0.417. The minimum Gasteiger partial charge on any atom is -0.479 e. The molecular weight excluding hydrogens is 286 g/mol. The van der Waals surface area contributed by atoms with E-state index in [9.17, 15) is 18.3 Å². The molecule has 0 radical (unpaired) electrons. The predicted octanol–water partition coefficient (Wildman–Crippen LogP) is 1.26. The third kappa shape index (κ3) is 3.10. The zero-order valence-corrected chi connectivity index (χ0v) is 12.4. The lowest BCUT2D eigenvalue weighted by molar-refractivity contribution is -0.140. The molecule has 3 N–H and O–H groups in total. The van der Waals surface area contributed by atoms with Gasteiger partial charge in [-0.1, -0.05) is 17.7 Å². The highest BCUT2D eigenvalue weighted by molar-refractivity contribution is 7.98. The number of thioether (sulfide) groups is 1. The summed E-state index contributed by atoms with van der Waals surface area (Å²) in [6, 6.07) is 6.00. The van der Waals surface area contributed by atoms with Crippen molar-refractivity contribution in [2.45, 2.75) is 23.1 Å². The smallest absolute Gasteiger partial charge is 0.339 e. The van der Waals surface area contributed by atoms with Gasteiger partial charge in [-0.3, -0.25) is 0 Å². The molecule has 0 aliphatic carbocycles. The summed E-state index contributed by atoms with van der Waals surface area (Å²) in [5.41, 5.74) is 6.56. The molecule has 0 bridgehead atoms. The topological polar surface area (TPSA) is 97.5 Å². The zero-order valence-electron chi connectivity index (χ0n) is 10.8. The molecule has 5 nitrogen and oxygen atoms in total. The number of carbonyl (C=O) groups is 1. The maximum atomic E-state index is 12.4. The van der Waals surface area contributed by atoms with Gasteiger partial charge in [0.05, 0.1) is 4.90 Å². The van der Waals surface area contributed by atoms with Gasteiger partial charge < -0.3 is 10.8 Å². The second kappa shape index (κ2) is 5.94. The van der Waals surface area contributed by atoms with Crippen LogP contribution in [0.5, 0.6) is 0 Å². The van der Waals surface area contributed by atoms with Gasteiger partial charge in [0, 0.05) is 6.42 Å². The van der Waals surface area contributed by atoms with Crippen LogP contribution in [0, 0.1) is 6.92 Å². The number of sulfone groups is 1. The van der Waals surface area contributed by atoms with Crippen LogP contribution in [-0.4, -0.2) is 36.4 Å². The van der Waals surface area contributed by atoms with E-state index in [4.69, 9.17) is 5.73 Å². The molecule has 1 aromatic rings. The molecule has 0 spiro atoms. The first kappa shape index (κ1) is 16.0. The lowest BCUT2D eigenvalue weighted by Crippen LogP contribution is -2.55. The van der Waals surface area contributed by atoms with E-state index in [1.807, 2.05) is 6.92 Å². The molecule has 0 amide bonds. The van der Waals surface area contributed by atoms with Gasteiger partial charge in [-0.15, -0.1) is 0 Å². The van der Waals surface area contributed by atoms with Gasteiger partial charge in [0.25, 0.3) is 0 Å². The Kier molecular flexibility index (Phi) is 5.00. The van der Waals surface area contributed by atoms with E-state index in [0.29, 0.717) is 5.75 Å². The fourth-order valence-electron chi connectivity index (χ4n) is 1.54. The molecule has 1 aromatic carbocycles. The Morgan fingerprint density at radius 2 is 1.89 bits per heavy atom. The molecule has 106 valence electrons. The summed E-state index contributed by atoms with van der Waals surface area (Å²) in [6.07, 6.45) is 1.63. The maximum Gasteiger partial charge on any atom is 0.339 e. The highest BCUT2D eigenvalue weighted by atomic mass is 32.2. The summed E-state index contributed by atoms with van der Waals surface area (Å²) in [4.78, 5) is 8.95. The SMILES string of the molecule is CSCCC(N)(C(=O)O)S(=O)(=O)c1ccc(C)cc1. The summed E-state index contributed by atoms with van der Waals surface area (Å²) in [7, 11) is -4.12. The maximum absolute atomic E-state index is 12.4. The van der Waals surface area contributed by atoms with Crippen LogP contribution in [0.15, 0.2) is 29.2 Å². The van der Waals surface area contributed by atoms with Crippen LogP contribution in [0.1, 0.15) is 12.0 Å². The van der Waals surface area contributed by atoms with Gasteiger partial charge in [-0.05, 0) is 31.1 Å². The predicted molar refractivity (Wildman–Crippen MR) is 75.9 cm³/mol. The number of hydrogen-bond donors (Lipinski definition) is 2. The second-order valence-corrected chi connectivity index (χ2v) is 7.45. The summed E-state index contributed by atoms with van der Waals surface area (Å²) >= 11 is 1.35. The van der Waals surface area contributed by atoms with Crippen LogP contribution >= 0.6 is 11.8 Å². The van der Waals surface area contributed by atoms with Crippen LogP contribution in [-0.2, 0) is 14.6 Å². The molecule has 0 saturated heterocycles. The van der Waals surface area contributed by atoms with Crippen molar-refractivity contribution in [2.75, 3.05) is 12.0 Å². The van der Waals surface area contributed by atoms with Crippen LogP contribution in [0.2, 0.25) is 0 Å². The molecule has 0 aliphatic heterocycles. The van der Waals surface area contributed by atoms with E-state index in [0.717, 1.165) is 5.56 Å². The lowest BCUT2D eigenvalue weighted by Gasteiger charge is -2.24. The van der Waals surface area contributed by atoms with E-state index in [1.165, 1.54) is 23.9 Å². The highest BCUT2D eigenvalue weighted by Crippen LogP contribution is 2.26. The average molecular weight is 303 g/mol. The van der Waals surface area contributed by atoms with Gasteiger partial charge in [0.1, 0.15) is 0 Å². The van der Waals surface area contributed by atoms with Gasteiger partial charge in [-0.25, -0.2) is 13.2 Å². The molecule has 0 aromatic heterocycles. The number of aliphatic carboxylic acids is 1. The van der Waals surface area contributed by atoms with Crippen LogP contribution in [0.3, 0.4) is 0 Å². The van der Waals surface area contributed by atoms with Crippen molar-refractivity contribution >= 4 is 27.6 Å². The number of carboxylic acids is 1. The second-order valence-electron chi connectivity index (χ2n) is 4.25. The fourth-order valence-corrected chi connectivity index (χ4v) is 3.71. The minimum absolute atomic E-state index is 0.0656. The molecule has 0 heterocycles. The monoisotopic (exact) mass is 303 g/mol. The first-order valence-corrected chi connectivity index (χ1v) is 8.46. The number of nitrogens with two attached hydrogens (primary N) is 1. The van der Waals surface area contributed by atoms with Crippen molar-refractivity contribution in [1.82, 2.24) is 0 Å². The number of hydrogen-bond acceptors (Lipinski definition) is 5. The number of benzene rings is 1. The van der Waals surface area contributed by atoms with Crippen LogP contribution in [0.25, 0.3) is 0 Å². The quantitative estimate of drug-likeness (QED) is 0.821. The molecule has 7 heteroatoms. The van der Waals surface area contributed by atoms with Crippen molar-refractivity contribution in [2.24, 2.45) is 5.73 Å². The summed E-state index contributed by atoms with van der Waals surface area (Å²) in [6.45, 7) is 1.82. The van der Waals surface area contributed by atoms with Gasteiger partial charge in [0.15, 0.2) is 0 Å². The standard InChI is InChI=1S/C12H17NO4S2/c1-9-3-5-10(6-4-9)19(16,17)12(13,11(14)15)7-8-18-2/h3-6H,7-8,13H2,1-2H3,(H,14,15). The molecule has 1 rings (SSSR count). The lowest BCUT2D eigenvalue weighted by atomic mass is 10.2. The Bertz CT molecular complexity index is 554. The molecular formula is C12H17NO4S2. The third-order valence-electron chi connectivity index (χ3n) is 2.85. The summed E-state index contributed by atoms with van der Waals surface area (Å²) < 4.78 is 24.8. The van der Waals surface area contributed by atoms with E-state index >= 15 is 0 Å². The average Bonchev–Trinajstić information content (AvgIpc) is 2.35. The van der Waals surface area contributed by atoms with Gasteiger partial charge >= 0.3 is 5.97 Å². The van der Waals surface area contributed by atoms with Crippen molar-refractivity contribution in [3.8, 4) is 0 Å². The molecule has 1 unspecified atom stereocenters. The first-order valence-electron chi connectivity index (χ1n) is 5.58. The Labute approximate surface area is 117 Å². The van der Waals surface area contributed by atoms with Crippen molar-refractivity contribution in [3.63, 3.8) is 0 Å². The molecule has 0 aliphatic rings. The van der Waals surface area contributed by atoms with Crippen molar-refractivity contribution in [1.29, 1.82) is 0 Å². The van der Waals surface area contributed by atoms with Crippen LogP contribution in [0.4, 0.5) is 0 Å². The van der Waals surface area contributed by atoms with Gasteiger partial charge in [0.2, 0.25) is 14.7 Å². The number of aryl methyl sites for hydroxylation is 1. The summed E-state index contributed by atoms with van der Waals surface area (Å²) in [5, 5.41) is 9.20. The van der Waals surface area contributed by atoms with E-state index in [2.05, 4.69) is 0 Å². The zero-order chi connectivity index (χ0) is 14.7. The molecule has 0 fully saturated rings. The van der Waals surface area contributed by atoms with Gasteiger partial charge in [-0.2, -0.15) is 11.8 Å². The Balaban J connectivity index is 3.28. The van der Waals surface area contributed by atoms with Crippen LogP contribution < -0.4 is 5.73 Å². The Morgan fingerprint density at radius 1 is 1.37 bits per heavy atom. The van der Waals surface area contributed by atoms with E-state index < -0.39 is 20.7 Å². The normalized spacial score (nSPS) is 14.9. The highest BCUT2D eigenvalue weighted by Gasteiger charge is 2.47. The third-order valence-corrected chi connectivity index (χ3v) is 5.69. The van der Waals surface area contributed by atoms with Crippen molar-refractivity contribution in [3.05, 3.63) is 29.8 Å². The molecule has 1 atom stereocenters. The van der Waals surface area contributed by atoms with Crippen molar-refractivity contribution < 1.29 is 18.3 Å². The molecule has 0 saturated carbocycles. The summed E-state index contributed by atoms with van der Waals surface area (Å²) in [5.74, 6) is -1.17. The van der Waals surface area contributed by atoms with E-state index in [1.54, 1.807) is 18.4 Å². The molecule has 19 heavy (non-hydrogen) atoms. The largest absolute Gasteiger partial charge is 0.479 e. The first-order chi connectivity index (χ1) is 8.75. The number of rotatable bonds is 6. The minimum atomic E-state index is -4.12. The number of carboxylic acid groups (broad SMARTS) is 1. The van der Waals surface area contributed by atoms with E-state index in [-0.39, 0.29) is 11.3 Å².